The fourth-order valence-electron chi connectivity index (χ4n) is 3.17. The van der Waals surface area contributed by atoms with E-state index in [9.17, 15) is 14.0 Å². The van der Waals surface area contributed by atoms with Gasteiger partial charge in [0.05, 0.1) is 25.3 Å². The van der Waals surface area contributed by atoms with Crippen molar-refractivity contribution in [3.8, 4) is 5.75 Å². The highest BCUT2D eigenvalue weighted by Crippen LogP contribution is 2.21. The summed E-state index contributed by atoms with van der Waals surface area (Å²) >= 11 is 1.24. The van der Waals surface area contributed by atoms with Crippen LogP contribution in [-0.4, -0.2) is 39.4 Å². The Bertz CT molecular complexity index is 1090. The lowest BCUT2D eigenvalue weighted by molar-refractivity contribution is -0.121. The van der Waals surface area contributed by atoms with Crippen LogP contribution in [0.3, 0.4) is 0 Å². The highest BCUT2D eigenvalue weighted by molar-refractivity contribution is 7.99. The van der Waals surface area contributed by atoms with E-state index in [4.69, 9.17) is 4.74 Å². The summed E-state index contributed by atoms with van der Waals surface area (Å²) in [5.41, 5.74) is 1.40. The normalized spacial score (nSPS) is 11.6. The van der Waals surface area contributed by atoms with E-state index < -0.39 is 0 Å². The fourth-order valence-corrected chi connectivity index (χ4v) is 3.98. The molecule has 0 spiro atoms. The van der Waals surface area contributed by atoms with Gasteiger partial charge in [0.1, 0.15) is 11.6 Å². The third-order valence-electron chi connectivity index (χ3n) is 4.81. The van der Waals surface area contributed by atoms with E-state index in [1.54, 1.807) is 7.11 Å². The average molecular weight is 472 g/mol. The van der Waals surface area contributed by atoms with Crippen LogP contribution in [0, 0.1) is 5.82 Å². The summed E-state index contributed by atoms with van der Waals surface area (Å²) in [6.07, 6.45) is 0.236. The Labute approximate surface area is 195 Å². The van der Waals surface area contributed by atoms with Gasteiger partial charge in [-0.3, -0.25) is 9.59 Å². The minimum absolute atomic E-state index is 0.119. The summed E-state index contributed by atoms with van der Waals surface area (Å²) in [7, 11) is 1.60. The Morgan fingerprint density at radius 2 is 1.79 bits per heavy atom. The number of thioether (sulfide) groups is 1. The summed E-state index contributed by atoms with van der Waals surface area (Å²) in [6, 6.07) is 12.5. The van der Waals surface area contributed by atoms with Crippen molar-refractivity contribution in [2.24, 2.45) is 0 Å². The maximum absolute atomic E-state index is 13.0. The van der Waals surface area contributed by atoms with Crippen molar-refractivity contribution >= 4 is 29.3 Å². The van der Waals surface area contributed by atoms with Gasteiger partial charge in [-0.05, 0) is 55.8 Å². The van der Waals surface area contributed by atoms with Gasteiger partial charge in [-0.15, -0.1) is 10.2 Å². The molecule has 0 saturated heterocycles. The number of amides is 2. The van der Waals surface area contributed by atoms with Gasteiger partial charge in [-0.25, -0.2) is 4.39 Å². The molecular weight excluding hydrogens is 445 g/mol. The molecule has 8 nitrogen and oxygen atoms in total. The molecule has 0 aliphatic carbocycles. The molecule has 174 valence electrons. The first-order valence-corrected chi connectivity index (χ1v) is 11.4. The monoisotopic (exact) mass is 471 g/mol. The Morgan fingerprint density at radius 3 is 2.42 bits per heavy atom. The molecule has 33 heavy (non-hydrogen) atoms. The number of carbonyl (C=O) groups excluding carboxylic acids is 2. The van der Waals surface area contributed by atoms with Crippen LogP contribution in [0.5, 0.6) is 5.75 Å². The molecule has 2 N–H and O–H groups in total. The molecular formula is C23H26FN5O3S. The van der Waals surface area contributed by atoms with Crippen molar-refractivity contribution in [2.45, 2.75) is 38.0 Å². The standard InChI is InChI=1S/C23H26FN5O3S/c1-4-29-22(15(2)25-20(30)13-16-5-11-19(32-3)12-6-16)27-28-23(29)33-14-21(31)26-18-9-7-17(24)8-10-18/h5-12,15H,4,13-14H2,1-3H3,(H,25,30)(H,26,31)/t15-/m0/s1. The first kappa shape index (κ1) is 24.2. The average Bonchev–Trinajstić information content (AvgIpc) is 3.23. The summed E-state index contributed by atoms with van der Waals surface area (Å²) < 4.78 is 20.0. The van der Waals surface area contributed by atoms with Gasteiger partial charge in [0.15, 0.2) is 11.0 Å². The van der Waals surface area contributed by atoms with E-state index in [-0.39, 0.29) is 35.8 Å². The molecule has 1 heterocycles. The lowest BCUT2D eigenvalue weighted by Crippen LogP contribution is -2.30. The van der Waals surface area contributed by atoms with E-state index in [0.717, 1.165) is 11.3 Å². The second kappa shape index (κ2) is 11.5. The van der Waals surface area contributed by atoms with Crippen LogP contribution < -0.4 is 15.4 Å². The number of rotatable bonds is 10. The van der Waals surface area contributed by atoms with Crippen LogP contribution in [0.25, 0.3) is 0 Å². The van der Waals surface area contributed by atoms with Crippen LogP contribution in [0.4, 0.5) is 10.1 Å². The van der Waals surface area contributed by atoms with E-state index in [0.29, 0.717) is 23.2 Å². The van der Waals surface area contributed by atoms with Gasteiger partial charge >= 0.3 is 0 Å². The number of ether oxygens (including phenoxy) is 1. The molecule has 0 aliphatic rings. The second-order valence-corrected chi connectivity index (χ2v) is 8.19. The van der Waals surface area contributed by atoms with Gasteiger partial charge in [-0.2, -0.15) is 0 Å². The van der Waals surface area contributed by atoms with Crippen molar-refractivity contribution in [3.05, 3.63) is 65.7 Å². The number of hydrogen-bond donors (Lipinski definition) is 2. The Balaban J connectivity index is 1.56. The number of carbonyl (C=O) groups is 2. The zero-order valence-electron chi connectivity index (χ0n) is 18.7. The Hall–Kier alpha value is -3.40. The van der Waals surface area contributed by atoms with Crippen LogP contribution in [0.15, 0.2) is 53.7 Å². The first-order valence-electron chi connectivity index (χ1n) is 10.4. The number of benzene rings is 2. The minimum Gasteiger partial charge on any atom is -0.497 e. The summed E-state index contributed by atoms with van der Waals surface area (Å²) in [5.74, 6) is 0.734. The lowest BCUT2D eigenvalue weighted by atomic mass is 10.1. The van der Waals surface area contributed by atoms with Gasteiger partial charge in [-0.1, -0.05) is 23.9 Å². The molecule has 2 aromatic carbocycles. The fraction of sp³-hybridized carbons (Fsp3) is 0.304. The van der Waals surface area contributed by atoms with Crippen LogP contribution in [0.1, 0.15) is 31.3 Å². The number of methoxy groups -OCH3 is 1. The zero-order valence-corrected chi connectivity index (χ0v) is 19.5. The molecule has 0 aliphatic heterocycles. The molecule has 2 amide bonds. The molecule has 3 rings (SSSR count). The van der Waals surface area contributed by atoms with E-state index in [1.165, 1.54) is 36.0 Å². The Kier molecular flexibility index (Phi) is 8.42. The van der Waals surface area contributed by atoms with Crippen LogP contribution in [-0.2, 0) is 22.6 Å². The largest absolute Gasteiger partial charge is 0.497 e. The summed E-state index contributed by atoms with van der Waals surface area (Å²) in [5, 5.41) is 14.7. The molecule has 0 bridgehead atoms. The molecule has 0 fully saturated rings. The highest BCUT2D eigenvalue weighted by Gasteiger charge is 2.20. The molecule has 0 saturated carbocycles. The molecule has 10 heteroatoms. The van der Waals surface area contributed by atoms with Gasteiger partial charge in [0.25, 0.3) is 0 Å². The molecule has 0 unspecified atom stereocenters. The maximum Gasteiger partial charge on any atom is 0.234 e. The third kappa shape index (κ3) is 6.79. The SMILES string of the molecule is CCn1c(SCC(=O)Nc2ccc(F)cc2)nnc1[C@H](C)NC(=O)Cc1ccc(OC)cc1. The second-order valence-electron chi connectivity index (χ2n) is 7.24. The highest BCUT2D eigenvalue weighted by atomic mass is 32.2. The molecule has 3 aromatic rings. The maximum atomic E-state index is 13.0. The predicted octanol–water partition coefficient (Wildman–Crippen LogP) is 3.60. The predicted molar refractivity (Wildman–Crippen MR) is 125 cm³/mol. The first-order chi connectivity index (χ1) is 15.9. The number of nitrogens with one attached hydrogen (secondary N) is 2. The quantitative estimate of drug-likeness (QED) is 0.439. The van der Waals surface area contributed by atoms with Gasteiger partial charge in [0, 0.05) is 12.2 Å². The lowest BCUT2D eigenvalue weighted by Gasteiger charge is -2.15. The number of hydrogen-bond acceptors (Lipinski definition) is 6. The summed E-state index contributed by atoms with van der Waals surface area (Å²) in [4.78, 5) is 24.7. The minimum atomic E-state index is -0.365. The number of aromatic nitrogens is 3. The molecule has 1 atom stereocenters. The number of anilines is 1. The zero-order chi connectivity index (χ0) is 23.8. The molecule has 1 aromatic heterocycles. The van der Waals surface area contributed by atoms with Crippen molar-refractivity contribution in [1.82, 2.24) is 20.1 Å². The number of nitrogens with zero attached hydrogens (tertiary/aromatic N) is 3. The number of halogens is 1. The van der Waals surface area contributed by atoms with Crippen molar-refractivity contribution in [2.75, 3.05) is 18.2 Å². The van der Waals surface area contributed by atoms with Crippen molar-refractivity contribution in [3.63, 3.8) is 0 Å². The summed E-state index contributed by atoms with van der Waals surface area (Å²) in [6.45, 7) is 4.38. The van der Waals surface area contributed by atoms with Crippen molar-refractivity contribution in [1.29, 1.82) is 0 Å². The van der Waals surface area contributed by atoms with Gasteiger partial charge < -0.3 is 19.9 Å². The van der Waals surface area contributed by atoms with E-state index >= 15 is 0 Å². The molecule has 0 radical (unpaired) electrons. The van der Waals surface area contributed by atoms with Crippen LogP contribution >= 0.6 is 11.8 Å². The van der Waals surface area contributed by atoms with E-state index in [1.807, 2.05) is 42.7 Å². The third-order valence-corrected chi connectivity index (χ3v) is 5.78. The van der Waals surface area contributed by atoms with Gasteiger partial charge in [0.2, 0.25) is 11.8 Å². The topological polar surface area (TPSA) is 98.1 Å². The Morgan fingerprint density at radius 1 is 1.09 bits per heavy atom. The van der Waals surface area contributed by atoms with Crippen LogP contribution in [0.2, 0.25) is 0 Å². The smallest absolute Gasteiger partial charge is 0.234 e. The van der Waals surface area contributed by atoms with Crippen molar-refractivity contribution < 1.29 is 18.7 Å². The van der Waals surface area contributed by atoms with E-state index in [2.05, 4.69) is 20.8 Å².